The molecule has 0 spiro atoms. The summed E-state index contributed by atoms with van der Waals surface area (Å²) in [6, 6.07) is 10.1. The first-order chi connectivity index (χ1) is 12.8. The highest BCUT2D eigenvalue weighted by Gasteiger charge is 2.27. The summed E-state index contributed by atoms with van der Waals surface area (Å²) in [5.41, 5.74) is 1.78. The summed E-state index contributed by atoms with van der Waals surface area (Å²) in [5.74, 6) is -1.64. The van der Waals surface area contributed by atoms with Crippen molar-refractivity contribution in [2.24, 2.45) is 0 Å². The van der Waals surface area contributed by atoms with Crippen LogP contribution in [0.25, 0.3) is 0 Å². The van der Waals surface area contributed by atoms with E-state index in [0.717, 1.165) is 5.56 Å². The number of ether oxygens (including phenoxy) is 2. The Morgan fingerprint density at radius 3 is 2.59 bits per heavy atom. The number of Topliss-reactive ketones (excluding diaryl/α,β-unsaturated/α-hetero) is 1. The number of hydrogen-bond acceptors (Lipinski definition) is 5. The lowest BCUT2D eigenvalue weighted by Crippen LogP contribution is -2.28. The SMILES string of the molecule is C[C@@H](Oc1ccc(F)cc1)C(=O)OCC(=O)c1ccc2c(c1)[C@@H](C)C(=O)N2. The molecule has 0 aromatic heterocycles. The minimum absolute atomic E-state index is 0.118. The zero-order chi connectivity index (χ0) is 19.6. The van der Waals surface area contributed by atoms with Crippen molar-refractivity contribution in [2.45, 2.75) is 25.9 Å². The molecule has 2 atom stereocenters. The third-order valence-electron chi connectivity index (χ3n) is 4.30. The van der Waals surface area contributed by atoms with Crippen LogP contribution in [0.2, 0.25) is 0 Å². The number of benzene rings is 2. The zero-order valence-electron chi connectivity index (χ0n) is 14.8. The monoisotopic (exact) mass is 371 g/mol. The summed E-state index contributed by atoms with van der Waals surface area (Å²) in [6.45, 7) is 2.79. The van der Waals surface area contributed by atoms with E-state index >= 15 is 0 Å². The van der Waals surface area contributed by atoms with Gasteiger partial charge in [0.15, 0.2) is 18.5 Å². The van der Waals surface area contributed by atoms with Crippen molar-refractivity contribution >= 4 is 23.3 Å². The van der Waals surface area contributed by atoms with Gasteiger partial charge in [0.2, 0.25) is 5.91 Å². The molecule has 0 saturated carbocycles. The Morgan fingerprint density at radius 1 is 1.19 bits per heavy atom. The summed E-state index contributed by atoms with van der Waals surface area (Å²) < 4.78 is 23.2. The van der Waals surface area contributed by atoms with Crippen LogP contribution in [-0.4, -0.2) is 30.4 Å². The molecule has 1 aliphatic rings. The van der Waals surface area contributed by atoms with Crippen molar-refractivity contribution in [2.75, 3.05) is 11.9 Å². The Hall–Kier alpha value is -3.22. The molecule has 2 aromatic carbocycles. The first kappa shape index (κ1) is 18.6. The van der Waals surface area contributed by atoms with Gasteiger partial charge in [-0.1, -0.05) is 0 Å². The number of anilines is 1. The molecule has 6 nitrogen and oxygen atoms in total. The average molecular weight is 371 g/mol. The molecule has 7 heteroatoms. The van der Waals surface area contributed by atoms with E-state index in [2.05, 4.69) is 5.32 Å². The van der Waals surface area contributed by atoms with Crippen LogP contribution in [0.15, 0.2) is 42.5 Å². The Labute approximate surface area is 155 Å². The predicted molar refractivity (Wildman–Crippen MR) is 95.3 cm³/mol. The summed E-state index contributed by atoms with van der Waals surface area (Å²) >= 11 is 0. The van der Waals surface area contributed by atoms with Crippen molar-refractivity contribution in [3.8, 4) is 5.75 Å². The Bertz CT molecular complexity index is 894. The van der Waals surface area contributed by atoms with E-state index in [9.17, 15) is 18.8 Å². The number of halogens is 1. The molecule has 0 fully saturated rings. The predicted octanol–water partition coefficient (Wildman–Crippen LogP) is 3.07. The van der Waals surface area contributed by atoms with Crippen LogP contribution in [0.5, 0.6) is 5.75 Å². The number of carbonyl (C=O) groups excluding carboxylic acids is 3. The third kappa shape index (κ3) is 4.13. The highest BCUT2D eigenvalue weighted by molar-refractivity contribution is 6.05. The van der Waals surface area contributed by atoms with Gasteiger partial charge in [-0.25, -0.2) is 9.18 Å². The van der Waals surface area contributed by atoms with Crippen molar-refractivity contribution in [3.63, 3.8) is 0 Å². The molecule has 0 aliphatic carbocycles. The van der Waals surface area contributed by atoms with Crippen molar-refractivity contribution in [3.05, 3.63) is 59.4 Å². The second-order valence-electron chi connectivity index (χ2n) is 6.26. The summed E-state index contributed by atoms with van der Waals surface area (Å²) in [4.78, 5) is 36.0. The van der Waals surface area contributed by atoms with Gasteiger partial charge in [0.1, 0.15) is 11.6 Å². The summed E-state index contributed by atoms with van der Waals surface area (Å²) in [6.07, 6.45) is -0.954. The lowest BCUT2D eigenvalue weighted by atomic mass is 9.99. The number of fused-ring (bicyclic) bond motifs is 1. The van der Waals surface area contributed by atoms with Gasteiger partial charge >= 0.3 is 5.97 Å². The molecule has 1 N–H and O–H groups in total. The van der Waals surface area contributed by atoms with Crippen LogP contribution >= 0.6 is 0 Å². The number of nitrogens with one attached hydrogen (secondary N) is 1. The standard InChI is InChI=1S/C20H18FNO5/c1-11-16-9-13(3-8-17(16)22-19(11)24)18(23)10-26-20(25)12(2)27-15-6-4-14(21)5-7-15/h3-9,11-12H,10H2,1-2H3,(H,22,24)/t11-,12-/m1/s1. The van der Waals surface area contributed by atoms with E-state index in [1.807, 2.05) is 0 Å². The van der Waals surface area contributed by atoms with E-state index in [0.29, 0.717) is 17.0 Å². The van der Waals surface area contributed by atoms with Gasteiger partial charge < -0.3 is 14.8 Å². The second kappa shape index (κ2) is 7.57. The van der Waals surface area contributed by atoms with Crippen LogP contribution in [0.3, 0.4) is 0 Å². The Kier molecular flexibility index (Phi) is 5.21. The van der Waals surface area contributed by atoms with Crippen LogP contribution in [0.1, 0.15) is 35.7 Å². The Balaban J connectivity index is 1.56. The maximum Gasteiger partial charge on any atom is 0.347 e. The second-order valence-corrected chi connectivity index (χ2v) is 6.26. The van der Waals surface area contributed by atoms with Crippen molar-refractivity contribution in [1.29, 1.82) is 0 Å². The van der Waals surface area contributed by atoms with Crippen molar-refractivity contribution in [1.82, 2.24) is 0 Å². The topological polar surface area (TPSA) is 81.7 Å². The van der Waals surface area contributed by atoms with Crippen molar-refractivity contribution < 1.29 is 28.2 Å². The molecule has 1 aliphatic heterocycles. The minimum Gasteiger partial charge on any atom is -0.479 e. The highest BCUT2D eigenvalue weighted by Crippen LogP contribution is 2.32. The molecule has 0 saturated heterocycles. The van der Waals surface area contributed by atoms with E-state index in [1.54, 1.807) is 25.1 Å². The fourth-order valence-corrected chi connectivity index (χ4v) is 2.69. The van der Waals surface area contributed by atoms with Crippen LogP contribution in [0, 0.1) is 5.82 Å². The molecule has 140 valence electrons. The molecule has 1 heterocycles. The number of rotatable bonds is 6. The molecule has 3 rings (SSSR count). The maximum absolute atomic E-state index is 12.9. The first-order valence-electron chi connectivity index (χ1n) is 8.42. The lowest BCUT2D eigenvalue weighted by molar-refractivity contribution is -0.149. The van der Waals surface area contributed by atoms with Crippen LogP contribution in [-0.2, 0) is 14.3 Å². The third-order valence-corrected chi connectivity index (χ3v) is 4.30. The van der Waals surface area contributed by atoms with Gasteiger partial charge in [-0.3, -0.25) is 9.59 Å². The average Bonchev–Trinajstić information content (AvgIpc) is 2.94. The Morgan fingerprint density at radius 2 is 1.89 bits per heavy atom. The fraction of sp³-hybridized carbons (Fsp3) is 0.250. The fourth-order valence-electron chi connectivity index (χ4n) is 2.69. The molecule has 0 radical (unpaired) electrons. The molecule has 1 amide bonds. The van der Waals surface area contributed by atoms with Gasteiger partial charge in [-0.2, -0.15) is 0 Å². The van der Waals surface area contributed by atoms with Crippen LogP contribution < -0.4 is 10.1 Å². The zero-order valence-corrected chi connectivity index (χ0v) is 14.8. The van der Waals surface area contributed by atoms with E-state index in [1.165, 1.54) is 31.2 Å². The van der Waals surface area contributed by atoms with Gasteiger partial charge in [0.05, 0.1) is 5.92 Å². The van der Waals surface area contributed by atoms with Crippen LogP contribution in [0.4, 0.5) is 10.1 Å². The van der Waals surface area contributed by atoms with E-state index < -0.39 is 24.5 Å². The van der Waals surface area contributed by atoms with E-state index in [-0.39, 0.29) is 17.6 Å². The van der Waals surface area contributed by atoms with Gasteiger partial charge in [-0.05, 0) is 61.9 Å². The smallest absolute Gasteiger partial charge is 0.347 e. The number of hydrogen-bond donors (Lipinski definition) is 1. The molecule has 0 bridgehead atoms. The molecular weight excluding hydrogens is 353 g/mol. The highest BCUT2D eigenvalue weighted by atomic mass is 19.1. The molecule has 2 aromatic rings. The van der Waals surface area contributed by atoms with Gasteiger partial charge in [-0.15, -0.1) is 0 Å². The maximum atomic E-state index is 12.9. The van der Waals surface area contributed by atoms with Gasteiger partial charge in [0.25, 0.3) is 0 Å². The lowest BCUT2D eigenvalue weighted by Gasteiger charge is -2.14. The van der Waals surface area contributed by atoms with E-state index in [4.69, 9.17) is 9.47 Å². The number of carbonyl (C=O) groups is 3. The number of esters is 1. The van der Waals surface area contributed by atoms with Gasteiger partial charge in [0, 0.05) is 11.3 Å². The number of ketones is 1. The molecule has 0 unspecified atom stereocenters. The first-order valence-corrected chi connectivity index (χ1v) is 8.42. The largest absolute Gasteiger partial charge is 0.479 e. The summed E-state index contributed by atoms with van der Waals surface area (Å²) in [7, 11) is 0. The minimum atomic E-state index is -0.954. The normalized spacial score (nSPS) is 16.3. The molecule has 27 heavy (non-hydrogen) atoms. The summed E-state index contributed by atoms with van der Waals surface area (Å²) in [5, 5.41) is 2.73. The quantitative estimate of drug-likeness (QED) is 0.623. The number of amides is 1. The molecular formula is C20H18FNO5.